The van der Waals surface area contributed by atoms with Crippen LogP contribution in [0.25, 0.3) is 0 Å². The van der Waals surface area contributed by atoms with Crippen LogP contribution in [-0.2, 0) is 4.79 Å². The standard InChI is InChI=1S/C16H24O.H6P4/c1-6-7-12(2)8-9-14-13(3)15(17)10-11-16(14,4)5;1-4(2)3/h7-9H,6,10-11H2,1-5H3;1-3H2/b9-8+,12-7+;. The normalized spacial score (nSPS) is 19.1. The first-order chi connectivity index (χ1) is 9.61. The van der Waals surface area contributed by atoms with E-state index in [1.54, 1.807) is 0 Å². The summed E-state index contributed by atoms with van der Waals surface area (Å²) in [6, 6.07) is 0. The molecule has 120 valence electrons. The molecule has 3 atom stereocenters. The number of hydrogen-bond donors (Lipinski definition) is 0. The van der Waals surface area contributed by atoms with Gasteiger partial charge < -0.3 is 0 Å². The van der Waals surface area contributed by atoms with Crippen LogP contribution in [0.4, 0.5) is 0 Å². The second-order valence-electron chi connectivity index (χ2n) is 5.98. The molecule has 3 unspecified atom stereocenters. The van der Waals surface area contributed by atoms with Crippen LogP contribution in [0.1, 0.15) is 53.9 Å². The minimum Gasteiger partial charge on any atom is -0.295 e. The van der Waals surface area contributed by atoms with Crippen LogP contribution in [-0.4, -0.2) is 5.78 Å². The van der Waals surface area contributed by atoms with E-state index in [4.69, 9.17) is 0 Å². The second-order valence-corrected chi connectivity index (χ2v) is 17.6. The summed E-state index contributed by atoms with van der Waals surface area (Å²) in [6.45, 7) is 10.8. The maximum atomic E-state index is 11.8. The van der Waals surface area contributed by atoms with Gasteiger partial charge >= 0.3 is 0 Å². The third kappa shape index (κ3) is 8.72. The van der Waals surface area contributed by atoms with Gasteiger partial charge in [0.05, 0.1) is 0 Å². The van der Waals surface area contributed by atoms with Crippen molar-refractivity contribution >= 4 is 39.6 Å². The molecular weight excluding hydrogens is 332 g/mol. The molecule has 0 saturated heterocycles. The Hall–Kier alpha value is 0.610. The Bertz CT molecular complexity index is 442. The lowest BCUT2D eigenvalue weighted by Gasteiger charge is -2.32. The lowest BCUT2D eigenvalue weighted by atomic mass is 9.72. The molecule has 0 aliphatic heterocycles. The summed E-state index contributed by atoms with van der Waals surface area (Å²) in [7, 11) is 7.94. The monoisotopic (exact) mass is 362 g/mol. The molecule has 1 aliphatic carbocycles. The van der Waals surface area contributed by atoms with Gasteiger partial charge in [-0.3, -0.25) is 4.79 Å². The molecule has 0 saturated carbocycles. The quantitative estimate of drug-likeness (QED) is 0.417. The van der Waals surface area contributed by atoms with Crippen LogP contribution in [0.2, 0.25) is 0 Å². The molecule has 0 spiro atoms. The molecule has 21 heavy (non-hydrogen) atoms. The number of carbonyl (C=O) groups is 1. The average molecular weight is 362 g/mol. The van der Waals surface area contributed by atoms with E-state index in [1.165, 1.54) is 11.1 Å². The molecule has 0 aromatic carbocycles. The lowest BCUT2D eigenvalue weighted by molar-refractivity contribution is -0.116. The van der Waals surface area contributed by atoms with E-state index in [-0.39, 0.29) is 12.4 Å². The van der Waals surface area contributed by atoms with Gasteiger partial charge in [0.2, 0.25) is 0 Å². The van der Waals surface area contributed by atoms with E-state index < -0.39 is 0 Å². The predicted molar refractivity (Wildman–Crippen MR) is 110 cm³/mol. The highest BCUT2D eigenvalue weighted by atomic mass is 32.7. The predicted octanol–water partition coefficient (Wildman–Crippen LogP) is 6.44. The Morgan fingerprint density at radius 1 is 1.33 bits per heavy atom. The molecule has 0 radical (unpaired) electrons. The summed E-state index contributed by atoms with van der Waals surface area (Å²) in [4.78, 5) is 11.8. The van der Waals surface area contributed by atoms with Crippen molar-refractivity contribution in [2.75, 3.05) is 0 Å². The van der Waals surface area contributed by atoms with Crippen LogP contribution in [0, 0.1) is 5.41 Å². The molecule has 5 heteroatoms. The van der Waals surface area contributed by atoms with Crippen LogP contribution in [0.5, 0.6) is 0 Å². The molecule has 0 aromatic heterocycles. The Morgan fingerprint density at radius 3 is 2.33 bits per heavy atom. The van der Waals surface area contributed by atoms with Gasteiger partial charge in [0, 0.05) is 6.42 Å². The van der Waals surface area contributed by atoms with Crippen LogP contribution in [0.3, 0.4) is 0 Å². The molecule has 0 aromatic rings. The molecule has 0 bridgehead atoms. The van der Waals surface area contributed by atoms with Crippen molar-refractivity contribution in [3.05, 3.63) is 34.9 Å². The minimum absolute atomic E-state index is 0.126. The second kappa shape index (κ2) is 10.4. The van der Waals surface area contributed by atoms with Gasteiger partial charge in [0.15, 0.2) is 5.78 Å². The first-order valence-corrected chi connectivity index (χ1v) is 13.4. The van der Waals surface area contributed by atoms with Gasteiger partial charge in [-0.1, -0.05) is 44.6 Å². The largest absolute Gasteiger partial charge is 0.295 e. The highest BCUT2D eigenvalue weighted by Crippen LogP contribution is 2.59. The fraction of sp³-hybridized carbons (Fsp3) is 0.562. The topological polar surface area (TPSA) is 17.1 Å². The zero-order valence-corrected chi connectivity index (χ0v) is 18.3. The van der Waals surface area contributed by atoms with E-state index in [2.05, 4.69) is 72.7 Å². The molecule has 1 rings (SSSR count). The number of carbonyl (C=O) groups excluding carboxylic acids is 1. The highest BCUT2D eigenvalue weighted by Gasteiger charge is 2.30. The van der Waals surface area contributed by atoms with Crippen molar-refractivity contribution in [2.24, 2.45) is 5.41 Å². The number of Topliss-reactive ketones (excluding diaryl/α,β-unsaturated/α-hetero) is 1. The van der Waals surface area contributed by atoms with Gasteiger partial charge in [-0.25, -0.2) is 0 Å². The third-order valence-electron chi connectivity index (χ3n) is 3.57. The Balaban J connectivity index is 0.000000885. The Labute approximate surface area is 138 Å². The summed E-state index contributed by atoms with van der Waals surface area (Å²) in [5.41, 5.74) is 3.54. The van der Waals surface area contributed by atoms with Crippen molar-refractivity contribution < 1.29 is 4.79 Å². The zero-order chi connectivity index (χ0) is 16.6. The van der Waals surface area contributed by atoms with Crippen LogP contribution in [0.15, 0.2) is 34.9 Å². The molecule has 0 N–H and O–H groups in total. The number of rotatable bonds is 3. The maximum absolute atomic E-state index is 11.8. The lowest BCUT2D eigenvalue weighted by Crippen LogP contribution is -2.24. The smallest absolute Gasteiger partial charge is 0.158 e. The van der Waals surface area contributed by atoms with Gasteiger partial charge in [0.25, 0.3) is 0 Å². The summed E-state index contributed by atoms with van der Waals surface area (Å²) in [5, 5.41) is 0. The van der Waals surface area contributed by atoms with E-state index in [0.29, 0.717) is 12.2 Å². The van der Waals surface area contributed by atoms with E-state index >= 15 is 0 Å². The third-order valence-corrected chi connectivity index (χ3v) is 3.57. The van der Waals surface area contributed by atoms with Gasteiger partial charge in [-0.2, -0.15) is 0 Å². The van der Waals surface area contributed by atoms with Crippen LogP contribution >= 0.6 is 33.8 Å². The van der Waals surface area contributed by atoms with E-state index in [0.717, 1.165) is 18.4 Å². The van der Waals surface area contributed by atoms with E-state index in [9.17, 15) is 4.79 Å². The number of allylic oxidation sites excluding steroid dienone is 6. The fourth-order valence-corrected chi connectivity index (χ4v) is 2.36. The molecular formula is C16H30OP4. The first-order valence-electron chi connectivity index (χ1n) is 7.25. The number of ketones is 1. The Morgan fingerprint density at radius 2 is 1.86 bits per heavy atom. The van der Waals surface area contributed by atoms with Crippen LogP contribution < -0.4 is 0 Å². The molecule has 0 heterocycles. The van der Waals surface area contributed by atoms with Crippen molar-refractivity contribution in [1.29, 1.82) is 0 Å². The van der Waals surface area contributed by atoms with Gasteiger partial charge in [-0.15, -0.1) is 26.8 Å². The highest BCUT2D eigenvalue weighted by molar-refractivity contribution is 8.65. The number of hydrogen-bond acceptors (Lipinski definition) is 1. The van der Waals surface area contributed by atoms with Gasteiger partial charge in [-0.05, 0) is 50.2 Å². The molecule has 0 amide bonds. The van der Waals surface area contributed by atoms with Gasteiger partial charge in [0.1, 0.15) is 0 Å². The Kier molecular flexibility index (Phi) is 10.7. The minimum atomic E-state index is 0.126. The summed E-state index contributed by atoms with van der Waals surface area (Å²) < 4.78 is 0. The molecule has 1 aliphatic rings. The fourth-order valence-electron chi connectivity index (χ4n) is 2.36. The summed E-state index contributed by atoms with van der Waals surface area (Å²) in [5.74, 6) is 0.307. The zero-order valence-electron chi connectivity index (χ0n) is 13.9. The van der Waals surface area contributed by atoms with E-state index in [1.807, 2.05) is 6.92 Å². The van der Waals surface area contributed by atoms with Crippen molar-refractivity contribution in [3.8, 4) is 0 Å². The summed E-state index contributed by atoms with van der Waals surface area (Å²) in [6.07, 6.45) is 9.16. The molecule has 0 fully saturated rings. The first kappa shape index (κ1) is 21.6. The average Bonchev–Trinajstić information content (AvgIpc) is 2.34. The summed E-state index contributed by atoms with van der Waals surface area (Å²) >= 11 is 0. The van der Waals surface area contributed by atoms with Crippen molar-refractivity contribution in [1.82, 2.24) is 0 Å². The SMILES string of the molecule is CC/C=C(C)/C=C/C1=C(C)C(=O)CCC1(C)C.PP(P)P. The van der Waals surface area contributed by atoms with Crippen molar-refractivity contribution in [3.63, 3.8) is 0 Å². The molecule has 1 nitrogen and oxygen atoms in total. The maximum Gasteiger partial charge on any atom is 0.158 e. The van der Waals surface area contributed by atoms with Crippen molar-refractivity contribution in [2.45, 2.75) is 53.9 Å².